The maximum absolute atomic E-state index is 13.3. The number of nitrogens with zero attached hydrogens (tertiary/aromatic N) is 1. The molecule has 0 saturated heterocycles. The van der Waals surface area contributed by atoms with E-state index in [1.54, 1.807) is 0 Å². The minimum atomic E-state index is -0.784. The number of hydrogen-bond acceptors (Lipinski definition) is 4. The topological polar surface area (TPSA) is 69.4 Å². The molecule has 0 aromatic heterocycles. The molecule has 1 fully saturated rings. The molecule has 16 heavy (non-hydrogen) atoms. The van der Waals surface area contributed by atoms with Crippen LogP contribution in [0.1, 0.15) is 12.8 Å². The van der Waals surface area contributed by atoms with E-state index in [-0.39, 0.29) is 36.2 Å². The van der Waals surface area contributed by atoms with Crippen LogP contribution in [0.25, 0.3) is 0 Å². The lowest BCUT2D eigenvalue weighted by Crippen LogP contribution is -2.33. The van der Waals surface area contributed by atoms with Crippen molar-refractivity contribution in [1.82, 2.24) is 0 Å². The first kappa shape index (κ1) is 10.5. The van der Waals surface area contributed by atoms with Gasteiger partial charge in [0.25, 0.3) is 5.69 Å². The third-order valence-electron chi connectivity index (χ3n) is 2.33. The lowest BCUT2D eigenvalue weighted by atomic mass is 9.94. The monoisotopic (exact) mass is 225 g/mol. The number of rotatable bonds is 3. The summed E-state index contributed by atoms with van der Waals surface area (Å²) in [6.07, 6.45) is 0.246. The minimum absolute atomic E-state index is 0.0527. The normalized spacial score (nSPS) is 15.7. The van der Waals surface area contributed by atoms with Crippen molar-refractivity contribution in [3.05, 3.63) is 34.1 Å². The molecule has 0 N–H and O–H groups in total. The molecular formula is C10H8FNO4. The van der Waals surface area contributed by atoms with Crippen molar-refractivity contribution in [1.29, 1.82) is 0 Å². The zero-order valence-electron chi connectivity index (χ0n) is 8.18. The molecule has 0 heterocycles. The Balaban J connectivity index is 2.10. The smallest absolute Gasteiger partial charge is 0.272 e. The average molecular weight is 225 g/mol. The van der Waals surface area contributed by atoms with Gasteiger partial charge in [0.15, 0.2) is 11.6 Å². The van der Waals surface area contributed by atoms with Crippen molar-refractivity contribution in [2.75, 3.05) is 0 Å². The number of carbonyl (C=O) groups excluding carboxylic acids is 1. The summed E-state index contributed by atoms with van der Waals surface area (Å²) in [5.41, 5.74) is -0.325. The van der Waals surface area contributed by atoms with Crippen LogP contribution in [-0.4, -0.2) is 16.8 Å². The van der Waals surface area contributed by atoms with Crippen LogP contribution >= 0.6 is 0 Å². The van der Waals surface area contributed by atoms with Crippen LogP contribution in [0.15, 0.2) is 18.2 Å². The third-order valence-corrected chi connectivity index (χ3v) is 2.33. The Labute approximate surface area is 90.0 Å². The van der Waals surface area contributed by atoms with Gasteiger partial charge in [-0.25, -0.2) is 4.39 Å². The molecule has 2 rings (SSSR count). The number of ether oxygens (including phenoxy) is 1. The van der Waals surface area contributed by atoms with Crippen LogP contribution in [0.4, 0.5) is 10.1 Å². The molecule has 0 atom stereocenters. The van der Waals surface area contributed by atoms with Crippen LogP contribution in [0.2, 0.25) is 0 Å². The van der Waals surface area contributed by atoms with Gasteiger partial charge in [0.1, 0.15) is 11.9 Å². The molecule has 0 unspecified atom stereocenters. The average Bonchev–Trinajstić information content (AvgIpc) is 2.18. The van der Waals surface area contributed by atoms with Crippen LogP contribution in [0, 0.1) is 15.9 Å². The van der Waals surface area contributed by atoms with E-state index in [2.05, 4.69) is 0 Å². The van der Waals surface area contributed by atoms with Crippen LogP contribution in [-0.2, 0) is 4.79 Å². The van der Waals surface area contributed by atoms with E-state index < -0.39 is 10.7 Å². The standard InChI is InChI=1S/C10H8FNO4/c11-9-3-6(12(14)15)1-2-10(9)16-8-4-7(13)5-8/h1-3,8H,4-5H2. The van der Waals surface area contributed by atoms with Gasteiger partial charge >= 0.3 is 0 Å². The molecule has 0 aliphatic heterocycles. The van der Waals surface area contributed by atoms with Crippen molar-refractivity contribution in [3.63, 3.8) is 0 Å². The summed E-state index contributed by atoms with van der Waals surface area (Å²) in [5, 5.41) is 10.4. The number of nitro benzene ring substituents is 1. The Morgan fingerprint density at radius 3 is 2.62 bits per heavy atom. The first-order valence-corrected chi connectivity index (χ1v) is 4.68. The Kier molecular flexibility index (Phi) is 2.55. The van der Waals surface area contributed by atoms with E-state index in [1.165, 1.54) is 12.1 Å². The highest BCUT2D eigenvalue weighted by atomic mass is 19.1. The second kappa shape index (κ2) is 3.88. The summed E-state index contributed by atoms with van der Waals surface area (Å²) >= 11 is 0. The van der Waals surface area contributed by atoms with E-state index in [1.807, 2.05) is 0 Å². The van der Waals surface area contributed by atoms with Crippen molar-refractivity contribution < 1.29 is 18.8 Å². The molecule has 0 bridgehead atoms. The van der Waals surface area contributed by atoms with Gasteiger partial charge in [0.2, 0.25) is 0 Å². The largest absolute Gasteiger partial charge is 0.486 e. The molecule has 1 aliphatic rings. The summed E-state index contributed by atoms with van der Waals surface area (Å²) < 4.78 is 18.5. The number of carbonyl (C=O) groups is 1. The first-order valence-electron chi connectivity index (χ1n) is 4.68. The number of non-ortho nitro benzene ring substituents is 1. The SMILES string of the molecule is O=C1CC(Oc2ccc([N+](=O)[O-])cc2F)C1. The molecular weight excluding hydrogens is 217 g/mol. The Morgan fingerprint density at radius 1 is 1.44 bits per heavy atom. The lowest BCUT2D eigenvalue weighted by Gasteiger charge is -2.25. The quantitative estimate of drug-likeness (QED) is 0.581. The number of benzene rings is 1. The Morgan fingerprint density at radius 2 is 2.12 bits per heavy atom. The number of halogens is 1. The van der Waals surface area contributed by atoms with Gasteiger partial charge < -0.3 is 4.74 Å². The molecule has 1 aliphatic carbocycles. The second-order valence-electron chi connectivity index (χ2n) is 3.56. The highest BCUT2D eigenvalue weighted by Gasteiger charge is 2.29. The summed E-state index contributed by atoms with van der Waals surface area (Å²) in [5.74, 6) is -0.760. The minimum Gasteiger partial charge on any atom is -0.486 e. The van der Waals surface area contributed by atoms with Gasteiger partial charge in [-0.05, 0) is 6.07 Å². The van der Waals surface area contributed by atoms with Crippen LogP contribution in [0.3, 0.4) is 0 Å². The van der Waals surface area contributed by atoms with Gasteiger partial charge in [-0.15, -0.1) is 0 Å². The maximum atomic E-state index is 13.3. The van der Waals surface area contributed by atoms with Gasteiger partial charge in [-0.2, -0.15) is 0 Å². The predicted molar refractivity (Wildman–Crippen MR) is 51.7 cm³/mol. The zero-order valence-corrected chi connectivity index (χ0v) is 8.18. The van der Waals surface area contributed by atoms with Crippen molar-refractivity contribution >= 4 is 11.5 Å². The fourth-order valence-corrected chi connectivity index (χ4v) is 1.41. The summed E-state index contributed by atoms with van der Waals surface area (Å²) in [7, 11) is 0. The summed E-state index contributed by atoms with van der Waals surface area (Å²) in [6.45, 7) is 0. The van der Waals surface area contributed by atoms with E-state index in [0.29, 0.717) is 0 Å². The van der Waals surface area contributed by atoms with E-state index in [4.69, 9.17) is 4.74 Å². The molecule has 1 saturated carbocycles. The molecule has 6 heteroatoms. The Hall–Kier alpha value is -1.98. The van der Waals surface area contributed by atoms with Crippen LogP contribution < -0.4 is 4.74 Å². The van der Waals surface area contributed by atoms with E-state index in [9.17, 15) is 19.3 Å². The molecule has 1 aromatic carbocycles. The number of hydrogen-bond donors (Lipinski definition) is 0. The highest BCUT2D eigenvalue weighted by Crippen LogP contribution is 2.27. The predicted octanol–water partition coefficient (Wildman–Crippen LogP) is 1.84. The highest BCUT2D eigenvalue weighted by molar-refractivity contribution is 5.85. The molecule has 0 amide bonds. The van der Waals surface area contributed by atoms with Gasteiger partial charge in [0.05, 0.1) is 11.0 Å². The van der Waals surface area contributed by atoms with Gasteiger partial charge in [0, 0.05) is 18.9 Å². The van der Waals surface area contributed by atoms with E-state index in [0.717, 1.165) is 6.07 Å². The molecule has 5 nitrogen and oxygen atoms in total. The Bertz CT molecular complexity index is 452. The van der Waals surface area contributed by atoms with Gasteiger partial charge in [-0.3, -0.25) is 14.9 Å². The number of ketones is 1. The van der Waals surface area contributed by atoms with E-state index >= 15 is 0 Å². The second-order valence-corrected chi connectivity index (χ2v) is 3.56. The molecule has 1 aromatic rings. The summed E-state index contributed by atoms with van der Waals surface area (Å²) in [4.78, 5) is 20.3. The van der Waals surface area contributed by atoms with Crippen LogP contribution in [0.5, 0.6) is 5.75 Å². The van der Waals surface area contributed by atoms with Crippen molar-refractivity contribution in [3.8, 4) is 5.75 Å². The first-order chi connectivity index (χ1) is 7.56. The lowest BCUT2D eigenvalue weighted by molar-refractivity contribution is -0.385. The van der Waals surface area contributed by atoms with Gasteiger partial charge in [-0.1, -0.05) is 0 Å². The maximum Gasteiger partial charge on any atom is 0.272 e. The number of nitro groups is 1. The summed E-state index contributed by atoms with van der Waals surface area (Å²) in [6, 6.07) is 3.17. The third kappa shape index (κ3) is 2.00. The zero-order chi connectivity index (χ0) is 11.7. The molecule has 0 spiro atoms. The fraction of sp³-hybridized carbons (Fsp3) is 0.300. The van der Waals surface area contributed by atoms with Crippen molar-refractivity contribution in [2.45, 2.75) is 18.9 Å². The fourth-order valence-electron chi connectivity index (χ4n) is 1.41. The molecule has 0 radical (unpaired) electrons. The number of Topliss-reactive ketones (excluding diaryl/α,β-unsaturated/α-hetero) is 1. The molecule has 84 valence electrons. The van der Waals surface area contributed by atoms with Crippen molar-refractivity contribution in [2.24, 2.45) is 0 Å².